The third-order valence-electron chi connectivity index (χ3n) is 5.28. The number of aromatic amines is 1. The van der Waals surface area contributed by atoms with E-state index in [2.05, 4.69) is 4.98 Å². The number of nitrogens with zero attached hydrogens (tertiary/aromatic N) is 1. The van der Waals surface area contributed by atoms with E-state index in [1.807, 2.05) is 30.3 Å². The highest BCUT2D eigenvalue weighted by molar-refractivity contribution is 6.06. The number of hydrogen-bond donors (Lipinski definition) is 2. The molecule has 0 aliphatic carbocycles. The lowest BCUT2D eigenvalue weighted by atomic mass is 9.98. The highest BCUT2D eigenvalue weighted by Crippen LogP contribution is 2.24. The highest BCUT2D eigenvalue weighted by atomic mass is 16.4. The molecule has 0 spiro atoms. The summed E-state index contributed by atoms with van der Waals surface area (Å²) in [6, 6.07) is 15.6. The van der Waals surface area contributed by atoms with E-state index < -0.39 is 5.97 Å². The number of carboxylic acids is 1. The van der Waals surface area contributed by atoms with Crippen LogP contribution in [0.5, 0.6) is 0 Å². The summed E-state index contributed by atoms with van der Waals surface area (Å²) in [6.07, 6.45) is 1.67. The van der Waals surface area contributed by atoms with Crippen LogP contribution in [0.3, 0.4) is 0 Å². The van der Waals surface area contributed by atoms with E-state index in [4.69, 9.17) is 5.11 Å². The summed E-state index contributed by atoms with van der Waals surface area (Å²) in [4.78, 5) is 40.5. The molecule has 28 heavy (non-hydrogen) atoms. The van der Waals surface area contributed by atoms with Gasteiger partial charge in [-0.1, -0.05) is 30.3 Å². The zero-order valence-electron chi connectivity index (χ0n) is 15.2. The van der Waals surface area contributed by atoms with Crippen LogP contribution < -0.4 is 5.56 Å². The number of para-hydroxylation sites is 1. The van der Waals surface area contributed by atoms with Gasteiger partial charge in [-0.3, -0.25) is 9.59 Å². The predicted molar refractivity (Wildman–Crippen MR) is 106 cm³/mol. The van der Waals surface area contributed by atoms with Crippen LogP contribution in [0.4, 0.5) is 0 Å². The molecule has 1 aliphatic heterocycles. The largest absolute Gasteiger partial charge is 0.478 e. The van der Waals surface area contributed by atoms with Gasteiger partial charge in [-0.2, -0.15) is 0 Å². The third-order valence-corrected chi connectivity index (χ3v) is 5.28. The Hall–Kier alpha value is -3.41. The normalized spacial score (nSPS) is 16.4. The Morgan fingerprint density at radius 2 is 1.86 bits per heavy atom. The number of carbonyl (C=O) groups is 2. The maximum atomic E-state index is 13.0. The Morgan fingerprint density at radius 1 is 1.11 bits per heavy atom. The van der Waals surface area contributed by atoms with Gasteiger partial charge in [0.05, 0.1) is 11.1 Å². The molecule has 6 heteroatoms. The van der Waals surface area contributed by atoms with Crippen LogP contribution in [-0.4, -0.2) is 40.0 Å². The molecule has 2 heterocycles. The van der Waals surface area contributed by atoms with Crippen molar-refractivity contribution in [1.82, 2.24) is 9.88 Å². The van der Waals surface area contributed by atoms with Crippen molar-refractivity contribution in [2.45, 2.75) is 12.8 Å². The first-order valence-electron chi connectivity index (χ1n) is 9.25. The highest BCUT2D eigenvalue weighted by Gasteiger charge is 2.28. The summed E-state index contributed by atoms with van der Waals surface area (Å²) in [5, 5.41) is 9.74. The predicted octanol–water partition coefficient (Wildman–Crippen LogP) is 2.93. The van der Waals surface area contributed by atoms with Crippen LogP contribution >= 0.6 is 0 Å². The van der Waals surface area contributed by atoms with Gasteiger partial charge < -0.3 is 15.0 Å². The zero-order valence-corrected chi connectivity index (χ0v) is 15.2. The molecule has 2 N–H and O–H groups in total. The molecular formula is C22H20N2O4. The van der Waals surface area contributed by atoms with E-state index in [0.717, 1.165) is 23.8 Å². The lowest BCUT2D eigenvalue weighted by Gasteiger charge is -2.18. The topological polar surface area (TPSA) is 90.5 Å². The number of hydrogen-bond acceptors (Lipinski definition) is 3. The first-order valence-corrected chi connectivity index (χ1v) is 9.25. The molecule has 2 aromatic carbocycles. The third kappa shape index (κ3) is 3.53. The number of rotatable bonds is 4. The first kappa shape index (κ1) is 18.0. The summed E-state index contributed by atoms with van der Waals surface area (Å²) >= 11 is 0. The second-order valence-electron chi connectivity index (χ2n) is 7.20. The molecular weight excluding hydrogens is 356 g/mol. The van der Waals surface area contributed by atoms with E-state index >= 15 is 0 Å². The van der Waals surface area contributed by atoms with Crippen LogP contribution in [-0.2, 0) is 6.42 Å². The van der Waals surface area contributed by atoms with Gasteiger partial charge in [0.2, 0.25) is 5.56 Å². The Bertz CT molecular complexity index is 1100. The van der Waals surface area contributed by atoms with E-state index in [-0.39, 0.29) is 17.0 Å². The minimum atomic E-state index is -0.936. The number of fused-ring (bicyclic) bond motifs is 1. The van der Waals surface area contributed by atoms with E-state index in [1.165, 1.54) is 6.07 Å². The lowest BCUT2D eigenvalue weighted by Crippen LogP contribution is -2.30. The van der Waals surface area contributed by atoms with E-state index in [0.29, 0.717) is 30.1 Å². The lowest BCUT2D eigenvalue weighted by molar-refractivity contribution is 0.0696. The molecule has 1 fully saturated rings. The second kappa shape index (κ2) is 7.31. The monoisotopic (exact) mass is 376 g/mol. The van der Waals surface area contributed by atoms with Gasteiger partial charge in [-0.15, -0.1) is 0 Å². The Balaban J connectivity index is 1.49. The quantitative estimate of drug-likeness (QED) is 0.732. The molecule has 6 nitrogen and oxygen atoms in total. The fourth-order valence-corrected chi connectivity index (χ4v) is 3.85. The summed E-state index contributed by atoms with van der Waals surface area (Å²) in [5.41, 5.74) is 2.15. The van der Waals surface area contributed by atoms with Crippen molar-refractivity contribution in [3.63, 3.8) is 0 Å². The summed E-state index contributed by atoms with van der Waals surface area (Å²) in [6.45, 7) is 1.28. The number of aromatic carboxylic acids is 1. The molecule has 142 valence electrons. The number of benzene rings is 2. The molecule has 1 amide bonds. The van der Waals surface area contributed by atoms with Crippen molar-refractivity contribution in [3.05, 3.63) is 81.6 Å². The molecule has 1 atom stereocenters. The molecule has 0 radical (unpaired) electrons. The van der Waals surface area contributed by atoms with Gasteiger partial charge in [-0.25, -0.2) is 4.79 Å². The fraction of sp³-hybridized carbons (Fsp3) is 0.227. The molecule has 3 aromatic rings. The van der Waals surface area contributed by atoms with Crippen molar-refractivity contribution < 1.29 is 14.7 Å². The molecule has 1 saturated heterocycles. The second-order valence-corrected chi connectivity index (χ2v) is 7.20. The molecule has 0 bridgehead atoms. The molecule has 1 unspecified atom stereocenters. The van der Waals surface area contributed by atoms with Crippen molar-refractivity contribution >= 4 is 22.8 Å². The number of carbonyl (C=O) groups excluding carboxylic acids is 1. The maximum Gasteiger partial charge on any atom is 0.335 e. The zero-order chi connectivity index (χ0) is 19.7. The van der Waals surface area contributed by atoms with Gasteiger partial charge in [0, 0.05) is 30.1 Å². The average molecular weight is 376 g/mol. The SMILES string of the molecule is O=C(O)c1ccc(CC2CCN(C(=O)c3cc(=O)[nH]c4ccccc34)C2)cc1. The number of aromatic nitrogens is 1. The standard InChI is InChI=1S/C22H20N2O4/c25-20-12-18(17-3-1-2-4-19(17)23-20)21(26)24-10-9-15(13-24)11-14-5-7-16(8-6-14)22(27)28/h1-8,12,15H,9-11,13H2,(H,23,25)(H,27,28). The molecule has 1 aromatic heterocycles. The minimum absolute atomic E-state index is 0.119. The summed E-state index contributed by atoms with van der Waals surface area (Å²) in [7, 11) is 0. The van der Waals surface area contributed by atoms with Gasteiger partial charge in [0.1, 0.15) is 0 Å². The molecule has 1 aliphatic rings. The van der Waals surface area contributed by atoms with Crippen LogP contribution in [0.25, 0.3) is 10.9 Å². The average Bonchev–Trinajstić information content (AvgIpc) is 3.15. The Morgan fingerprint density at radius 3 is 2.61 bits per heavy atom. The first-order chi connectivity index (χ1) is 13.5. The number of nitrogens with one attached hydrogen (secondary N) is 1. The van der Waals surface area contributed by atoms with Crippen molar-refractivity contribution in [2.24, 2.45) is 5.92 Å². The number of carboxylic acid groups (broad SMARTS) is 1. The smallest absolute Gasteiger partial charge is 0.335 e. The fourth-order valence-electron chi connectivity index (χ4n) is 3.85. The van der Waals surface area contributed by atoms with Gasteiger partial charge >= 0.3 is 5.97 Å². The van der Waals surface area contributed by atoms with Crippen molar-refractivity contribution in [3.8, 4) is 0 Å². The maximum absolute atomic E-state index is 13.0. The van der Waals surface area contributed by atoms with Gasteiger partial charge in [-0.05, 0) is 42.5 Å². The number of amides is 1. The van der Waals surface area contributed by atoms with E-state index in [1.54, 1.807) is 23.1 Å². The number of likely N-dealkylation sites (tertiary alicyclic amines) is 1. The van der Waals surface area contributed by atoms with Crippen LogP contribution in [0.15, 0.2) is 59.4 Å². The van der Waals surface area contributed by atoms with Crippen molar-refractivity contribution in [2.75, 3.05) is 13.1 Å². The van der Waals surface area contributed by atoms with Gasteiger partial charge in [0.25, 0.3) is 5.91 Å². The van der Waals surface area contributed by atoms with Crippen molar-refractivity contribution in [1.29, 1.82) is 0 Å². The Kier molecular flexibility index (Phi) is 4.69. The van der Waals surface area contributed by atoms with Crippen LogP contribution in [0.2, 0.25) is 0 Å². The number of pyridine rings is 1. The summed E-state index contributed by atoms with van der Waals surface area (Å²) in [5.74, 6) is -0.742. The Labute approximate surface area is 161 Å². The number of H-pyrrole nitrogens is 1. The minimum Gasteiger partial charge on any atom is -0.478 e. The molecule has 0 saturated carbocycles. The van der Waals surface area contributed by atoms with Crippen LogP contribution in [0, 0.1) is 5.92 Å². The van der Waals surface area contributed by atoms with Gasteiger partial charge in [0.15, 0.2) is 0 Å². The molecule has 4 rings (SSSR count). The van der Waals surface area contributed by atoms with Crippen LogP contribution in [0.1, 0.15) is 32.7 Å². The summed E-state index contributed by atoms with van der Waals surface area (Å²) < 4.78 is 0. The van der Waals surface area contributed by atoms with E-state index in [9.17, 15) is 14.4 Å².